The van der Waals surface area contributed by atoms with Gasteiger partial charge in [-0.2, -0.15) is 0 Å². The molecule has 0 spiro atoms. The van der Waals surface area contributed by atoms with E-state index in [1.54, 1.807) is 0 Å². The van der Waals surface area contributed by atoms with Crippen molar-refractivity contribution in [1.82, 2.24) is 4.90 Å². The highest BCUT2D eigenvalue weighted by Crippen LogP contribution is 2.25. The molecule has 0 aromatic carbocycles. The average molecular weight is 213 g/mol. The van der Waals surface area contributed by atoms with Crippen molar-refractivity contribution in [3.05, 3.63) is 0 Å². The van der Waals surface area contributed by atoms with Crippen molar-refractivity contribution in [2.24, 2.45) is 5.92 Å². The second-order valence-corrected chi connectivity index (χ2v) is 3.71. The summed E-state index contributed by atoms with van der Waals surface area (Å²) in [4.78, 5) is 34.7. The van der Waals surface area contributed by atoms with Gasteiger partial charge in [0, 0.05) is 12.8 Å². The van der Waals surface area contributed by atoms with E-state index in [4.69, 9.17) is 9.84 Å². The van der Waals surface area contributed by atoms with E-state index in [0.29, 0.717) is 0 Å². The first-order chi connectivity index (χ1) is 7.11. The molecule has 2 aliphatic rings. The highest BCUT2D eigenvalue weighted by molar-refractivity contribution is 6.02. The van der Waals surface area contributed by atoms with Crippen LogP contribution in [0.25, 0.3) is 0 Å². The van der Waals surface area contributed by atoms with Gasteiger partial charge < -0.3 is 9.84 Å². The molecule has 2 rings (SSSR count). The van der Waals surface area contributed by atoms with Gasteiger partial charge in [-0.3, -0.25) is 19.3 Å². The van der Waals surface area contributed by atoms with Gasteiger partial charge in [0.1, 0.15) is 5.92 Å². The maximum absolute atomic E-state index is 11.4. The first-order valence-electron chi connectivity index (χ1n) is 4.76. The van der Waals surface area contributed by atoms with Crippen LogP contribution in [0.2, 0.25) is 0 Å². The zero-order chi connectivity index (χ0) is 11.0. The van der Waals surface area contributed by atoms with E-state index in [1.807, 2.05) is 0 Å². The molecule has 2 atom stereocenters. The Hall–Kier alpha value is -1.43. The Balaban J connectivity index is 2.18. The van der Waals surface area contributed by atoms with Crippen LogP contribution >= 0.6 is 0 Å². The maximum Gasteiger partial charge on any atom is 0.311 e. The Bertz CT molecular complexity index is 310. The molecule has 2 unspecified atom stereocenters. The molecular formula is C9H11NO5. The number of aliphatic carboxylic acids is 1. The molecule has 82 valence electrons. The predicted octanol–water partition coefficient (Wildman–Crippen LogP) is -0.765. The van der Waals surface area contributed by atoms with E-state index in [-0.39, 0.29) is 37.9 Å². The van der Waals surface area contributed by atoms with Gasteiger partial charge in [0.2, 0.25) is 11.8 Å². The first-order valence-corrected chi connectivity index (χ1v) is 4.76. The van der Waals surface area contributed by atoms with Crippen LogP contribution in [0.1, 0.15) is 12.8 Å². The van der Waals surface area contributed by atoms with Crippen molar-refractivity contribution in [2.75, 3.05) is 13.2 Å². The van der Waals surface area contributed by atoms with Gasteiger partial charge in [0.15, 0.2) is 0 Å². The van der Waals surface area contributed by atoms with Crippen molar-refractivity contribution in [1.29, 1.82) is 0 Å². The molecule has 0 aromatic rings. The molecule has 15 heavy (non-hydrogen) atoms. The summed E-state index contributed by atoms with van der Waals surface area (Å²) >= 11 is 0. The van der Waals surface area contributed by atoms with Crippen LogP contribution in [0.5, 0.6) is 0 Å². The maximum atomic E-state index is 11.4. The van der Waals surface area contributed by atoms with E-state index in [2.05, 4.69) is 0 Å². The van der Waals surface area contributed by atoms with Gasteiger partial charge in [-0.1, -0.05) is 0 Å². The Morgan fingerprint density at radius 2 is 1.87 bits per heavy atom. The van der Waals surface area contributed by atoms with Crippen LogP contribution in [-0.2, 0) is 19.1 Å². The molecule has 2 aliphatic heterocycles. The molecule has 2 fully saturated rings. The molecule has 1 N–H and O–H groups in total. The lowest BCUT2D eigenvalue weighted by Crippen LogP contribution is -2.45. The summed E-state index contributed by atoms with van der Waals surface area (Å²) < 4.78 is 5.01. The van der Waals surface area contributed by atoms with E-state index < -0.39 is 17.9 Å². The highest BCUT2D eigenvalue weighted by atomic mass is 16.5. The number of ether oxygens (including phenoxy) is 1. The van der Waals surface area contributed by atoms with Crippen molar-refractivity contribution in [3.63, 3.8) is 0 Å². The summed E-state index contributed by atoms with van der Waals surface area (Å²) in [7, 11) is 0. The van der Waals surface area contributed by atoms with Gasteiger partial charge >= 0.3 is 5.97 Å². The minimum absolute atomic E-state index is 0.0665. The summed E-state index contributed by atoms with van der Waals surface area (Å²) in [5.74, 6) is -2.38. The van der Waals surface area contributed by atoms with Crippen LogP contribution in [-0.4, -0.2) is 47.0 Å². The zero-order valence-electron chi connectivity index (χ0n) is 8.01. The molecule has 0 saturated carbocycles. The fourth-order valence-corrected chi connectivity index (χ4v) is 2.00. The Morgan fingerprint density at radius 1 is 1.27 bits per heavy atom. The third kappa shape index (κ3) is 1.61. The summed E-state index contributed by atoms with van der Waals surface area (Å²) in [6.07, 6.45) is 0.364. The number of rotatable bonds is 2. The van der Waals surface area contributed by atoms with Gasteiger partial charge in [-0.25, -0.2) is 0 Å². The van der Waals surface area contributed by atoms with Crippen LogP contribution < -0.4 is 0 Å². The minimum Gasteiger partial charge on any atom is -0.481 e. The number of likely N-dealkylation sites (tertiary alicyclic amines) is 1. The zero-order valence-corrected chi connectivity index (χ0v) is 8.01. The standard InChI is InChI=1S/C9H11NO5/c11-7-1-2-8(12)10(7)6-4-15-3-5(6)9(13)14/h5-6H,1-4H2,(H,13,14). The van der Waals surface area contributed by atoms with Gasteiger partial charge in [-0.15, -0.1) is 0 Å². The van der Waals surface area contributed by atoms with Crippen LogP contribution in [0.4, 0.5) is 0 Å². The summed E-state index contributed by atoms with van der Waals surface area (Å²) in [6.45, 7) is 0.200. The second kappa shape index (κ2) is 3.62. The summed E-state index contributed by atoms with van der Waals surface area (Å²) in [5.41, 5.74) is 0. The molecule has 6 heteroatoms. The third-order valence-electron chi connectivity index (χ3n) is 2.79. The van der Waals surface area contributed by atoms with Gasteiger partial charge in [-0.05, 0) is 0 Å². The molecule has 6 nitrogen and oxygen atoms in total. The molecule has 0 radical (unpaired) electrons. The minimum atomic E-state index is -1.02. The van der Waals surface area contributed by atoms with Crippen molar-refractivity contribution < 1.29 is 24.2 Å². The SMILES string of the molecule is O=C(O)C1COCC1N1C(=O)CCC1=O. The van der Waals surface area contributed by atoms with Gasteiger partial charge in [0.25, 0.3) is 0 Å². The number of nitrogens with zero attached hydrogens (tertiary/aromatic N) is 1. The number of carboxylic acids is 1. The van der Waals surface area contributed by atoms with Crippen molar-refractivity contribution in [2.45, 2.75) is 18.9 Å². The number of carboxylic acid groups (broad SMARTS) is 1. The van der Waals surface area contributed by atoms with Crippen LogP contribution in [0.15, 0.2) is 0 Å². The van der Waals surface area contributed by atoms with E-state index in [9.17, 15) is 14.4 Å². The number of imide groups is 1. The fraction of sp³-hybridized carbons (Fsp3) is 0.667. The van der Waals surface area contributed by atoms with E-state index in [1.165, 1.54) is 0 Å². The molecule has 0 aromatic heterocycles. The molecule has 0 aliphatic carbocycles. The van der Waals surface area contributed by atoms with Gasteiger partial charge in [0.05, 0.1) is 19.3 Å². The van der Waals surface area contributed by atoms with Crippen molar-refractivity contribution >= 4 is 17.8 Å². The number of carbonyl (C=O) groups is 3. The largest absolute Gasteiger partial charge is 0.481 e. The smallest absolute Gasteiger partial charge is 0.311 e. The fourth-order valence-electron chi connectivity index (χ4n) is 2.00. The lowest BCUT2D eigenvalue weighted by atomic mass is 10.0. The lowest BCUT2D eigenvalue weighted by molar-refractivity contribution is -0.147. The normalized spacial score (nSPS) is 31.3. The quantitative estimate of drug-likeness (QED) is 0.609. The Labute approximate surface area is 85.8 Å². The molecule has 2 saturated heterocycles. The Kier molecular flexibility index (Phi) is 2.44. The second-order valence-electron chi connectivity index (χ2n) is 3.71. The topological polar surface area (TPSA) is 83.9 Å². The van der Waals surface area contributed by atoms with E-state index >= 15 is 0 Å². The number of hydrogen-bond acceptors (Lipinski definition) is 4. The average Bonchev–Trinajstić information content (AvgIpc) is 2.73. The third-order valence-corrected chi connectivity index (χ3v) is 2.79. The summed E-state index contributed by atoms with van der Waals surface area (Å²) in [5, 5.41) is 8.89. The summed E-state index contributed by atoms with van der Waals surface area (Å²) in [6, 6.07) is -0.620. The van der Waals surface area contributed by atoms with Crippen molar-refractivity contribution in [3.8, 4) is 0 Å². The number of hydrogen-bond donors (Lipinski definition) is 1. The highest BCUT2D eigenvalue weighted by Gasteiger charge is 2.44. The monoisotopic (exact) mass is 213 g/mol. The molecule has 2 heterocycles. The number of carbonyl (C=O) groups excluding carboxylic acids is 2. The first kappa shape index (κ1) is 10.1. The molecule has 0 bridgehead atoms. The van der Waals surface area contributed by atoms with Crippen LogP contribution in [0, 0.1) is 5.92 Å². The molecule has 2 amide bonds. The number of amides is 2. The Morgan fingerprint density at radius 3 is 2.40 bits per heavy atom. The van der Waals surface area contributed by atoms with E-state index in [0.717, 1.165) is 4.90 Å². The predicted molar refractivity (Wildman–Crippen MR) is 46.8 cm³/mol. The lowest BCUT2D eigenvalue weighted by Gasteiger charge is -2.23. The molecular weight excluding hydrogens is 202 g/mol. The van der Waals surface area contributed by atoms with Crippen LogP contribution in [0.3, 0.4) is 0 Å².